The molecule has 114 valence electrons. The van der Waals surface area contributed by atoms with Gasteiger partial charge in [0.05, 0.1) is 12.6 Å². The molecule has 2 unspecified atom stereocenters. The van der Waals surface area contributed by atoms with Gasteiger partial charge in [0, 0.05) is 7.11 Å². The first kappa shape index (κ1) is 14.4. The molecule has 1 amide bonds. The molecular formula is C15H18F2N2O2. The van der Waals surface area contributed by atoms with Crippen molar-refractivity contribution in [3.63, 3.8) is 0 Å². The molecule has 1 N–H and O–H groups in total. The molecule has 1 aliphatic carbocycles. The number of benzene rings is 1. The molecule has 1 aliphatic heterocycles. The third-order valence-electron chi connectivity index (χ3n) is 4.23. The quantitative estimate of drug-likeness (QED) is 0.923. The lowest BCUT2D eigenvalue weighted by molar-refractivity contribution is -0.133. The molecule has 0 radical (unpaired) electrons. The zero-order valence-corrected chi connectivity index (χ0v) is 12.0. The average molecular weight is 296 g/mol. The van der Waals surface area contributed by atoms with Gasteiger partial charge in [-0.05, 0) is 37.5 Å². The van der Waals surface area contributed by atoms with Gasteiger partial charge in [-0.3, -0.25) is 10.1 Å². The number of nitrogens with zero attached hydrogens (tertiary/aromatic N) is 1. The van der Waals surface area contributed by atoms with Gasteiger partial charge in [-0.2, -0.15) is 0 Å². The second-order valence-corrected chi connectivity index (χ2v) is 5.82. The van der Waals surface area contributed by atoms with E-state index in [2.05, 4.69) is 5.32 Å². The van der Waals surface area contributed by atoms with Crippen molar-refractivity contribution in [2.75, 3.05) is 13.7 Å². The van der Waals surface area contributed by atoms with Gasteiger partial charge in [0.15, 0.2) is 11.6 Å². The third kappa shape index (κ3) is 2.32. The van der Waals surface area contributed by atoms with E-state index < -0.39 is 23.3 Å². The highest BCUT2D eigenvalue weighted by molar-refractivity contribution is 5.92. The SMILES string of the molecule is COCC(C)N1C(=O)C2(CC2)NC1c1ccc(F)c(F)c1. The Hall–Kier alpha value is -1.53. The molecule has 0 aromatic heterocycles. The number of hydrogen-bond acceptors (Lipinski definition) is 3. The number of ether oxygens (including phenoxy) is 1. The Morgan fingerprint density at radius 3 is 2.71 bits per heavy atom. The topological polar surface area (TPSA) is 41.6 Å². The van der Waals surface area contributed by atoms with E-state index in [0.717, 1.165) is 25.0 Å². The zero-order chi connectivity index (χ0) is 15.2. The van der Waals surface area contributed by atoms with Crippen LogP contribution in [0.3, 0.4) is 0 Å². The molecule has 21 heavy (non-hydrogen) atoms. The summed E-state index contributed by atoms with van der Waals surface area (Å²) in [5, 5.41) is 3.28. The largest absolute Gasteiger partial charge is 0.383 e. The Kier molecular flexibility index (Phi) is 3.45. The van der Waals surface area contributed by atoms with Crippen LogP contribution in [0, 0.1) is 11.6 Å². The number of hydrogen-bond donors (Lipinski definition) is 1. The van der Waals surface area contributed by atoms with Crippen LogP contribution in [0.2, 0.25) is 0 Å². The van der Waals surface area contributed by atoms with Crippen LogP contribution in [0.4, 0.5) is 8.78 Å². The van der Waals surface area contributed by atoms with Crippen LogP contribution < -0.4 is 5.32 Å². The lowest BCUT2D eigenvalue weighted by Gasteiger charge is -2.30. The van der Waals surface area contributed by atoms with Crippen LogP contribution in [-0.2, 0) is 9.53 Å². The lowest BCUT2D eigenvalue weighted by atomic mass is 10.1. The average Bonchev–Trinajstić information content (AvgIpc) is 3.16. The Bertz CT molecular complexity index is 575. The van der Waals surface area contributed by atoms with Crippen molar-refractivity contribution < 1.29 is 18.3 Å². The summed E-state index contributed by atoms with van der Waals surface area (Å²) >= 11 is 0. The Balaban J connectivity index is 1.94. The van der Waals surface area contributed by atoms with Crippen molar-refractivity contribution in [1.82, 2.24) is 10.2 Å². The Morgan fingerprint density at radius 1 is 1.43 bits per heavy atom. The predicted molar refractivity (Wildman–Crippen MR) is 72.4 cm³/mol. The smallest absolute Gasteiger partial charge is 0.244 e. The highest BCUT2D eigenvalue weighted by atomic mass is 19.2. The minimum absolute atomic E-state index is 0.0155. The molecule has 2 aliphatic rings. The molecule has 1 aromatic carbocycles. The summed E-state index contributed by atoms with van der Waals surface area (Å²) in [6, 6.07) is 3.60. The monoisotopic (exact) mass is 296 g/mol. The predicted octanol–water partition coefficient (Wildman–Crippen LogP) is 1.96. The van der Waals surface area contributed by atoms with Crippen LogP contribution in [0.15, 0.2) is 18.2 Å². The molecule has 1 aromatic rings. The van der Waals surface area contributed by atoms with Crippen LogP contribution in [0.1, 0.15) is 31.5 Å². The van der Waals surface area contributed by atoms with Gasteiger partial charge in [0.25, 0.3) is 0 Å². The van der Waals surface area contributed by atoms with Crippen molar-refractivity contribution in [2.45, 2.75) is 37.5 Å². The standard InChI is InChI=1S/C15H18F2N2O2/c1-9(8-21-2)19-13(18-15(5-6-15)14(19)20)10-3-4-11(16)12(17)7-10/h3-4,7,9,13,18H,5-6,8H2,1-2H3. The first-order valence-corrected chi connectivity index (χ1v) is 7.03. The summed E-state index contributed by atoms with van der Waals surface area (Å²) in [4.78, 5) is 14.3. The maximum Gasteiger partial charge on any atom is 0.244 e. The number of carbonyl (C=O) groups is 1. The van der Waals surface area contributed by atoms with Gasteiger partial charge in [-0.1, -0.05) is 6.07 Å². The van der Waals surface area contributed by atoms with Gasteiger partial charge in [0.2, 0.25) is 5.91 Å². The lowest BCUT2D eigenvalue weighted by Crippen LogP contribution is -2.41. The number of rotatable bonds is 4. The molecular weight excluding hydrogens is 278 g/mol. The summed E-state index contributed by atoms with van der Waals surface area (Å²) in [6.45, 7) is 2.28. The molecule has 2 fully saturated rings. The summed E-state index contributed by atoms with van der Waals surface area (Å²) in [7, 11) is 1.57. The van der Waals surface area contributed by atoms with Crippen LogP contribution >= 0.6 is 0 Å². The van der Waals surface area contributed by atoms with Crippen molar-refractivity contribution in [3.8, 4) is 0 Å². The van der Waals surface area contributed by atoms with Crippen LogP contribution in [0.25, 0.3) is 0 Å². The fourth-order valence-electron chi connectivity index (χ4n) is 2.94. The fraction of sp³-hybridized carbons (Fsp3) is 0.533. The summed E-state index contributed by atoms with van der Waals surface area (Å²) in [5.74, 6) is -1.78. The van der Waals surface area contributed by atoms with E-state index in [1.165, 1.54) is 6.07 Å². The van der Waals surface area contributed by atoms with Crippen LogP contribution in [0.5, 0.6) is 0 Å². The van der Waals surface area contributed by atoms with Gasteiger partial charge < -0.3 is 9.64 Å². The first-order chi connectivity index (χ1) is 9.98. The summed E-state index contributed by atoms with van der Waals surface area (Å²) < 4.78 is 31.7. The third-order valence-corrected chi connectivity index (χ3v) is 4.23. The van der Waals surface area contributed by atoms with E-state index in [0.29, 0.717) is 12.2 Å². The molecule has 6 heteroatoms. The zero-order valence-electron chi connectivity index (χ0n) is 12.0. The minimum atomic E-state index is -0.905. The van der Waals surface area contributed by atoms with Crippen molar-refractivity contribution >= 4 is 5.91 Å². The van der Waals surface area contributed by atoms with Crippen LogP contribution in [-0.4, -0.2) is 36.1 Å². The molecule has 1 saturated carbocycles. The number of methoxy groups -OCH3 is 1. The molecule has 4 nitrogen and oxygen atoms in total. The fourth-order valence-corrected chi connectivity index (χ4v) is 2.94. The molecule has 0 bridgehead atoms. The summed E-state index contributed by atoms with van der Waals surface area (Å²) in [6.07, 6.45) is 1.12. The van der Waals surface area contributed by atoms with E-state index in [4.69, 9.17) is 4.74 Å². The number of carbonyl (C=O) groups excluding carboxylic acids is 1. The molecule has 1 saturated heterocycles. The van der Waals surface area contributed by atoms with E-state index in [1.54, 1.807) is 12.0 Å². The van der Waals surface area contributed by atoms with Gasteiger partial charge in [-0.25, -0.2) is 8.78 Å². The van der Waals surface area contributed by atoms with E-state index in [1.807, 2.05) is 6.92 Å². The molecule has 1 heterocycles. The number of amides is 1. The second kappa shape index (κ2) is 5.03. The Morgan fingerprint density at radius 2 is 2.14 bits per heavy atom. The minimum Gasteiger partial charge on any atom is -0.383 e. The second-order valence-electron chi connectivity index (χ2n) is 5.82. The van der Waals surface area contributed by atoms with Gasteiger partial charge >= 0.3 is 0 Å². The van der Waals surface area contributed by atoms with Crippen molar-refractivity contribution in [3.05, 3.63) is 35.4 Å². The van der Waals surface area contributed by atoms with E-state index >= 15 is 0 Å². The number of nitrogens with one attached hydrogen (secondary N) is 1. The maximum atomic E-state index is 13.5. The Labute approximate surface area is 122 Å². The van der Waals surface area contributed by atoms with Crippen molar-refractivity contribution in [1.29, 1.82) is 0 Å². The van der Waals surface area contributed by atoms with E-state index in [-0.39, 0.29) is 11.9 Å². The maximum absolute atomic E-state index is 13.5. The molecule has 2 atom stereocenters. The van der Waals surface area contributed by atoms with Gasteiger partial charge in [0.1, 0.15) is 11.7 Å². The normalized spacial score (nSPS) is 24.7. The molecule has 1 spiro atoms. The molecule has 3 rings (SSSR count). The first-order valence-electron chi connectivity index (χ1n) is 7.03. The number of halogens is 2. The van der Waals surface area contributed by atoms with E-state index in [9.17, 15) is 13.6 Å². The highest BCUT2D eigenvalue weighted by Gasteiger charge is 2.60. The van der Waals surface area contributed by atoms with Gasteiger partial charge in [-0.15, -0.1) is 0 Å². The highest BCUT2D eigenvalue weighted by Crippen LogP contribution is 2.46. The van der Waals surface area contributed by atoms with Crippen molar-refractivity contribution in [2.24, 2.45) is 0 Å². The summed E-state index contributed by atoms with van der Waals surface area (Å²) in [5.41, 5.74) is 0.0336.